The van der Waals surface area contributed by atoms with Crippen LogP contribution in [0.1, 0.15) is 0 Å². The number of aromatic nitrogens is 9. The second kappa shape index (κ2) is 27.1. The number of para-hydroxylation sites is 6. The third kappa shape index (κ3) is 11.0. The third-order valence-electron chi connectivity index (χ3n) is 23.2. The summed E-state index contributed by atoms with van der Waals surface area (Å²) < 4.78 is 9.64. The van der Waals surface area contributed by atoms with E-state index in [2.05, 4.69) is 400 Å². The normalized spacial score (nSPS) is 11.8. The average Bonchev–Trinajstić information content (AvgIpc) is 1.56. The molecule has 6 heterocycles. The predicted octanol–water partition coefficient (Wildman–Crippen LogP) is 27.4. The first kappa shape index (κ1) is 66.1. The molecule has 0 radical (unpaired) electrons. The van der Waals surface area contributed by atoms with Gasteiger partial charge in [-0.05, 0) is 158 Å². The maximum atomic E-state index is 5.27. The number of hydrogen-bond donors (Lipinski definition) is 0. The van der Waals surface area contributed by atoms with Crippen LogP contribution < -0.4 is 0 Å². The number of rotatable bonds is 10. The van der Waals surface area contributed by atoms with Crippen molar-refractivity contribution in [2.45, 2.75) is 0 Å². The molecule has 0 bridgehead atoms. The van der Waals surface area contributed by atoms with Crippen LogP contribution in [0.4, 0.5) is 0 Å². The molecule has 0 amide bonds. The van der Waals surface area contributed by atoms with Crippen LogP contribution in [0.15, 0.2) is 406 Å². The SMILES string of the molecule is c1ccc(-c2cc(-c3cccc4cc(-n5c6ccccc6c6cc7c8ccccc8n(-c8ccccc8)c7cc65)ccc34)nc(-c3ccc4ccccc4c3)n2)cc1.c1ccc(-c2nc(-c3ccc4ccccc4c3)nc(-c3cccc4cc(-n5c6ccccc6c6cc7c8ccccc8n(-c8ccccc8)c7cc65)ccc34)n2)cc1. The quantitative estimate of drug-likeness (QED) is 0.136. The lowest BCUT2D eigenvalue weighted by Gasteiger charge is -2.14. The van der Waals surface area contributed by atoms with Gasteiger partial charge >= 0.3 is 0 Å². The van der Waals surface area contributed by atoms with Crippen molar-refractivity contribution in [3.63, 3.8) is 0 Å². The van der Waals surface area contributed by atoms with Gasteiger partial charge in [-0.15, -0.1) is 0 Å². The van der Waals surface area contributed by atoms with E-state index >= 15 is 0 Å². The van der Waals surface area contributed by atoms with E-state index in [1.54, 1.807) is 0 Å². The Morgan fingerprint density at radius 1 is 0.147 bits per heavy atom. The summed E-state index contributed by atoms with van der Waals surface area (Å²) in [5.41, 5.74) is 21.7. The topological polar surface area (TPSA) is 84.2 Å². The lowest BCUT2D eigenvalue weighted by atomic mass is 9.99. The van der Waals surface area contributed by atoms with Gasteiger partial charge in [0, 0.05) is 99.2 Å². The average molecular weight is 1480 g/mol. The largest absolute Gasteiger partial charge is 0.309 e. The van der Waals surface area contributed by atoms with Gasteiger partial charge in [0.05, 0.1) is 55.5 Å². The first-order valence-corrected chi connectivity index (χ1v) is 39.4. The van der Waals surface area contributed by atoms with Crippen molar-refractivity contribution in [3.8, 4) is 90.8 Å². The van der Waals surface area contributed by atoms with Crippen molar-refractivity contribution in [2.24, 2.45) is 0 Å². The third-order valence-corrected chi connectivity index (χ3v) is 23.2. The molecule has 540 valence electrons. The first-order chi connectivity index (χ1) is 57.5. The van der Waals surface area contributed by atoms with Crippen LogP contribution in [-0.2, 0) is 0 Å². The van der Waals surface area contributed by atoms with E-state index in [9.17, 15) is 0 Å². The number of hydrogen-bond acceptors (Lipinski definition) is 5. The molecule has 0 unspecified atom stereocenters. The van der Waals surface area contributed by atoms with Gasteiger partial charge < -0.3 is 18.3 Å². The molecule has 9 heteroatoms. The van der Waals surface area contributed by atoms with E-state index < -0.39 is 0 Å². The first-order valence-electron chi connectivity index (χ1n) is 39.4. The molecule has 6 aromatic heterocycles. The van der Waals surface area contributed by atoms with Crippen molar-refractivity contribution in [1.29, 1.82) is 0 Å². The molecule has 18 aromatic carbocycles. The number of fused-ring (bicyclic) bond motifs is 16. The van der Waals surface area contributed by atoms with Crippen molar-refractivity contribution in [1.82, 2.24) is 43.2 Å². The summed E-state index contributed by atoms with van der Waals surface area (Å²) >= 11 is 0. The summed E-state index contributed by atoms with van der Waals surface area (Å²) in [6.07, 6.45) is 0. The summed E-state index contributed by atoms with van der Waals surface area (Å²) in [5, 5.41) is 19.1. The van der Waals surface area contributed by atoms with Crippen molar-refractivity contribution in [2.75, 3.05) is 0 Å². The summed E-state index contributed by atoms with van der Waals surface area (Å²) in [5.74, 6) is 2.64. The fourth-order valence-corrected chi connectivity index (χ4v) is 17.8. The molecule has 24 rings (SSSR count). The highest BCUT2D eigenvalue weighted by Crippen LogP contribution is 2.45. The second-order valence-electron chi connectivity index (χ2n) is 29.9. The van der Waals surface area contributed by atoms with Gasteiger partial charge in [-0.1, -0.05) is 291 Å². The fourth-order valence-electron chi connectivity index (χ4n) is 17.8. The Kier molecular flexibility index (Phi) is 15.4. The molecule has 116 heavy (non-hydrogen) atoms. The van der Waals surface area contributed by atoms with E-state index in [-0.39, 0.29) is 0 Å². The molecule has 0 aliphatic heterocycles. The molecule has 24 aromatic rings. The van der Waals surface area contributed by atoms with Crippen LogP contribution in [0, 0.1) is 0 Å². The fraction of sp³-hybridized carbons (Fsp3) is 0. The zero-order chi connectivity index (χ0) is 76.3. The Balaban J connectivity index is 0.000000137. The molecule has 0 spiro atoms. The summed E-state index contributed by atoms with van der Waals surface area (Å²) in [7, 11) is 0. The minimum atomic E-state index is 0.642. The van der Waals surface area contributed by atoms with Gasteiger partial charge in [0.1, 0.15) is 0 Å². The highest BCUT2D eigenvalue weighted by atomic mass is 15.0. The van der Waals surface area contributed by atoms with Crippen LogP contribution in [-0.4, -0.2) is 43.2 Å². The lowest BCUT2D eigenvalue weighted by Crippen LogP contribution is -2.01. The van der Waals surface area contributed by atoms with Crippen LogP contribution in [0.3, 0.4) is 0 Å². The molecular formula is C107H67N9. The van der Waals surface area contributed by atoms with Gasteiger partial charge in [0.2, 0.25) is 0 Å². The molecule has 0 N–H and O–H groups in total. The van der Waals surface area contributed by atoms with Crippen LogP contribution >= 0.6 is 0 Å². The van der Waals surface area contributed by atoms with E-state index in [1.165, 1.54) is 97.9 Å². The van der Waals surface area contributed by atoms with E-state index in [4.69, 9.17) is 24.9 Å². The lowest BCUT2D eigenvalue weighted by molar-refractivity contribution is 1.08. The zero-order valence-corrected chi connectivity index (χ0v) is 62.7. The molecule has 0 fully saturated rings. The van der Waals surface area contributed by atoms with Crippen molar-refractivity contribution < 1.29 is 0 Å². The maximum Gasteiger partial charge on any atom is 0.164 e. The molecular weight excluding hydrogens is 1410 g/mol. The van der Waals surface area contributed by atoms with Gasteiger partial charge in [-0.3, -0.25) is 0 Å². The van der Waals surface area contributed by atoms with E-state index in [1.807, 2.05) is 24.3 Å². The molecule has 0 aliphatic rings. The predicted molar refractivity (Wildman–Crippen MR) is 482 cm³/mol. The van der Waals surface area contributed by atoms with Gasteiger partial charge in [-0.2, -0.15) is 0 Å². The monoisotopic (exact) mass is 1480 g/mol. The molecule has 0 atom stereocenters. The standard InChI is InChI=1S/C54H34N4.C53H33N5/c1-3-15-36(16-4-1)48-33-49(56-54(55-48)39-27-26-35-14-7-8-17-37(35)30-39)43-23-13-18-38-31-41(28-29-42(38)43)58-51-25-12-10-22-45(51)47-32-46-44-21-9-11-24-50(44)57(52(46)34-53(47)58)40-19-5-2-6-20-40;1-3-15-35(16-4-1)51-54-52(38-27-26-34-14-7-8-17-36(34)30-38)56-53(55-51)44-23-13-18-37-31-40(28-29-41(37)44)58-48-25-12-10-22-43(48)46-32-45-42-21-9-11-24-47(42)57(49(45)33-50(46)58)39-19-5-2-6-20-39/h1-34H;1-33H. The van der Waals surface area contributed by atoms with Gasteiger partial charge in [0.15, 0.2) is 23.3 Å². The molecule has 9 nitrogen and oxygen atoms in total. The minimum absolute atomic E-state index is 0.642. The number of nitrogens with zero attached hydrogens (tertiary/aromatic N) is 9. The Morgan fingerprint density at radius 3 is 0.957 bits per heavy atom. The van der Waals surface area contributed by atoms with Crippen molar-refractivity contribution >= 4 is 130 Å². The van der Waals surface area contributed by atoms with Gasteiger partial charge in [0.25, 0.3) is 0 Å². The van der Waals surface area contributed by atoms with E-state index in [0.717, 1.165) is 100.0 Å². The van der Waals surface area contributed by atoms with Gasteiger partial charge in [-0.25, -0.2) is 24.9 Å². The Morgan fingerprint density at radius 2 is 0.491 bits per heavy atom. The van der Waals surface area contributed by atoms with Crippen LogP contribution in [0.2, 0.25) is 0 Å². The van der Waals surface area contributed by atoms with Crippen LogP contribution in [0.5, 0.6) is 0 Å². The number of benzene rings is 18. The zero-order valence-electron chi connectivity index (χ0n) is 62.7. The maximum absolute atomic E-state index is 5.27. The smallest absolute Gasteiger partial charge is 0.164 e. The highest BCUT2D eigenvalue weighted by Gasteiger charge is 2.24. The Bertz CT molecular complexity index is 7600. The highest BCUT2D eigenvalue weighted by molar-refractivity contribution is 6.21. The van der Waals surface area contributed by atoms with Crippen molar-refractivity contribution in [3.05, 3.63) is 406 Å². The van der Waals surface area contributed by atoms with Crippen LogP contribution in [0.25, 0.3) is 221 Å². The second-order valence-corrected chi connectivity index (χ2v) is 29.9. The minimum Gasteiger partial charge on any atom is -0.309 e. The summed E-state index contributed by atoms with van der Waals surface area (Å²) in [4.78, 5) is 25.7. The molecule has 0 aliphatic carbocycles. The van der Waals surface area contributed by atoms with E-state index in [0.29, 0.717) is 23.3 Å². The Labute approximate surface area is 666 Å². The summed E-state index contributed by atoms with van der Waals surface area (Å²) in [6, 6.07) is 145. The molecule has 0 saturated carbocycles. The Hall–Kier alpha value is -15.7. The molecule has 0 saturated heterocycles. The summed E-state index contributed by atoms with van der Waals surface area (Å²) in [6.45, 7) is 0.